The second-order valence-electron chi connectivity index (χ2n) is 3.32. The third kappa shape index (κ3) is 2.11. The molecule has 0 bridgehead atoms. The van der Waals surface area contributed by atoms with Crippen molar-refractivity contribution in [2.24, 2.45) is 0 Å². The van der Waals surface area contributed by atoms with E-state index < -0.39 is 0 Å². The molecule has 0 aliphatic carbocycles. The second-order valence-corrected chi connectivity index (χ2v) is 3.32. The van der Waals surface area contributed by atoms with Gasteiger partial charge in [-0.2, -0.15) is 0 Å². The first kappa shape index (κ1) is 9.21. The third-order valence-corrected chi connectivity index (χ3v) is 2.29. The normalized spacial score (nSPS) is 18.0. The van der Waals surface area contributed by atoms with Crippen molar-refractivity contribution in [3.8, 4) is 0 Å². The van der Waals surface area contributed by atoms with E-state index in [0.717, 1.165) is 26.1 Å². The van der Waals surface area contributed by atoms with Gasteiger partial charge in [0.15, 0.2) is 11.6 Å². The SMILES string of the molecule is Nc1nccnc1NC1CCOCC1. The molecule has 5 nitrogen and oxygen atoms in total. The van der Waals surface area contributed by atoms with Crippen molar-refractivity contribution in [3.63, 3.8) is 0 Å². The zero-order valence-corrected chi connectivity index (χ0v) is 7.94. The average molecular weight is 194 g/mol. The molecule has 76 valence electrons. The van der Waals surface area contributed by atoms with Gasteiger partial charge in [0.2, 0.25) is 0 Å². The molecule has 0 atom stereocenters. The zero-order chi connectivity index (χ0) is 9.80. The van der Waals surface area contributed by atoms with Gasteiger partial charge in [-0.05, 0) is 12.8 Å². The number of ether oxygens (including phenoxy) is 1. The Bertz CT molecular complexity index is 299. The molecule has 1 fully saturated rings. The monoisotopic (exact) mass is 194 g/mol. The van der Waals surface area contributed by atoms with E-state index in [-0.39, 0.29) is 0 Å². The van der Waals surface area contributed by atoms with Crippen LogP contribution in [-0.2, 0) is 4.74 Å². The lowest BCUT2D eigenvalue weighted by Gasteiger charge is -2.23. The van der Waals surface area contributed by atoms with Crippen LogP contribution < -0.4 is 11.1 Å². The van der Waals surface area contributed by atoms with E-state index in [0.29, 0.717) is 17.7 Å². The highest BCUT2D eigenvalue weighted by atomic mass is 16.5. The summed E-state index contributed by atoms with van der Waals surface area (Å²) in [7, 11) is 0. The lowest BCUT2D eigenvalue weighted by atomic mass is 10.1. The van der Waals surface area contributed by atoms with Gasteiger partial charge in [-0.25, -0.2) is 9.97 Å². The number of hydrogen-bond acceptors (Lipinski definition) is 5. The molecule has 1 saturated heterocycles. The summed E-state index contributed by atoms with van der Waals surface area (Å²) in [5.74, 6) is 1.14. The summed E-state index contributed by atoms with van der Waals surface area (Å²) in [5, 5.41) is 3.27. The molecular formula is C9H14N4O. The van der Waals surface area contributed by atoms with Crippen LogP contribution in [-0.4, -0.2) is 29.2 Å². The van der Waals surface area contributed by atoms with Crippen molar-refractivity contribution in [1.82, 2.24) is 9.97 Å². The molecule has 5 heteroatoms. The molecule has 0 aromatic carbocycles. The van der Waals surface area contributed by atoms with E-state index in [9.17, 15) is 0 Å². The Morgan fingerprint density at radius 3 is 2.71 bits per heavy atom. The molecule has 1 aromatic heterocycles. The molecule has 0 amide bonds. The van der Waals surface area contributed by atoms with E-state index >= 15 is 0 Å². The van der Waals surface area contributed by atoms with Crippen LogP contribution in [0.2, 0.25) is 0 Å². The molecule has 0 radical (unpaired) electrons. The second kappa shape index (κ2) is 4.23. The van der Waals surface area contributed by atoms with Gasteiger partial charge in [-0.3, -0.25) is 0 Å². The highest BCUT2D eigenvalue weighted by Gasteiger charge is 2.14. The summed E-state index contributed by atoms with van der Waals surface area (Å²) in [6.07, 6.45) is 5.22. The van der Waals surface area contributed by atoms with Crippen molar-refractivity contribution in [1.29, 1.82) is 0 Å². The van der Waals surface area contributed by atoms with Crippen LogP contribution in [0.3, 0.4) is 0 Å². The number of nitrogen functional groups attached to an aromatic ring is 1. The van der Waals surface area contributed by atoms with Gasteiger partial charge in [0, 0.05) is 31.6 Å². The lowest BCUT2D eigenvalue weighted by Crippen LogP contribution is -2.28. The van der Waals surface area contributed by atoms with Crippen LogP contribution in [0.15, 0.2) is 12.4 Å². The third-order valence-electron chi connectivity index (χ3n) is 2.29. The molecule has 1 aromatic rings. The Morgan fingerprint density at radius 2 is 2.00 bits per heavy atom. The van der Waals surface area contributed by atoms with Crippen molar-refractivity contribution in [2.45, 2.75) is 18.9 Å². The largest absolute Gasteiger partial charge is 0.381 e. The summed E-state index contributed by atoms with van der Waals surface area (Å²) in [4.78, 5) is 8.10. The lowest BCUT2D eigenvalue weighted by molar-refractivity contribution is 0.0904. The van der Waals surface area contributed by atoms with Crippen LogP contribution in [0, 0.1) is 0 Å². The Labute approximate surface area is 82.7 Å². The summed E-state index contributed by atoms with van der Waals surface area (Å²) in [6.45, 7) is 1.61. The molecular weight excluding hydrogens is 180 g/mol. The summed E-state index contributed by atoms with van der Waals surface area (Å²) < 4.78 is 5.26. The van der Waals surface area contributed by atoms with Crippen molar-refractivity contribution in [2.75, 3.05) is 24.3 Å². The molecule has 0 saturated carbocycles. The Kier molecular flexibility index (Phi) is 2.78. The fraction of sp³-hybridized carbons (Fsp3) is 0.556. The number of anilines is 2. The Balaban J connectivity index is 1.99. The summed E-state index contributed by atoms with van der Waals surface area (Å²) in [6, 6.07) is 0.405. The van der Waals surface area contributed by atoms with Crippen LogP contribution in [0.25, 0.3) is 0 Å². The first-order valence-electron chi connectivity index (χ1n) is 4.77. The first-order chi connectivity index (χ1) is 6.86. The molecule has 1 aliphatic rings. The van der Waals surface area contributed by atoms with Gasteiger partial charge in [-0.15, -0.1) is 0 Å². The highest BCUT2D eigenvalue weighted by Crippen LogP contribution is 2.16. The Hall–Kier alpha value is -1.36. The molecule has 2 rings (SSSR count). The predicted octanol–water partition coefficient (Wildman–Crippen LogP) is 0.650. The smallest absolute Gasteiger partial charge is 0.169 e. The predicted molar refractivity (Wildman–Crippen MR) is 53.9 cm³/mol. The number of aromatic nitrogens is 2. The molecule has 3 N–H and O–H groups in total. The van der Waals surface area contributed by atoms with Crippen molar-refractivity contribution < 1.29 is 4.74 Å². The van der Waals surface area contributed by atoms with Gasteiger partial charge in [-0.1, -0.05) is 0 Å². The van der Waals surface area contributed by atoms with Gasteiger partial charge in [0.1, 0.15) is 0 Å². The minimum absolute atomic E-state index is 0.405. The number of nitrogens with one attached hydrogen (secondary N) is 1. The van der Waals surface area contributed by atoms with E-state index in [1.54, 1.807) is 12.4 Å². The standard InChI is InChI=1S/C9H14N4O/c10-8-9(12-4-3-11-8)13-7-1-5-14-6-2-7/h3-4,7H,1-2,5-6H2,(H2,10,11)(H,12,13). The fourth-order valence-corrected chi connectivity index (χ4v) is 1.50. The highest BCUT2D eigenvalue weighted by molar-refractivity contribution is 5.55. The number of rotatable bonds is 2. The molecule has 14 heavy (non-hydrogen) atoms. The number of nitrogens with zero attached hydrogens (tertiary/aromatic N) is 2. The van der Waals surface area contributed by atoms with Gasteiger partial charge < -0.3 is 15.8 Å². The first-order valence-corrected chi connectivity index (χ1v) is 4.77. The molecule has 2 heterocycles. The van der Waals surface area contributed by atoms with Gasteiger partial charge >= 0.3 is 0 Å². The maximum Gasteiger partial charge on any atom is 0.169 e. The maximum atomic E-state index is 5.67. The average Bonchev–Trinajstić information content (AvgIpc) is 2.23. The van der Waals surface area contributed by atoms with Crippen LogP contribution in [0.1, 0.15) is 12.8 Å². The van der Waals surface area contributed by atoms with Crippen LogP contribution >= 0.6 is 0 Å². The maximum absolute atomic E-state index is 5.67. The van der Waals surface area contributed by atoms with E-state index in [2.05, 4.69) is 15.3 Å². The topological polar surface area (TPSA) is 73.1 Å². The van der Waals surface area contributed by atoms with Gasteiger partial charge in [0.05, 0.1) is 0 Å². The number of nitrogens with two attached hydrogens (primary N) is 1. The number of hydrogen-bond donors (Lipinski definition) is 2. The summed E-state index contributed by atoms with van der Waals surface area (Å²) >= 11 is 0. The Morgan fingerprint density at radius 1 is 1.29 bits per heavy atom. The molecule has 0 unspecified atom stereocenters. The fourth-order valence-electron chi connectivity index (χ4n) is 1.50. The minimum Gasteiger partial charge on any atom is -0.381 e. The van der Waals surface area contributed by atoms with Crippen LogP contribution in [0.5, 0.6) is 0 Å². The van der Waals surface area contributed by atoms with E-state index in [1.165, 1.54) is 0 Å². The van der Waals surface area contributed by atoms with E-state index in [1.807, 2.05) is 0 Å². The van der Waals surface area contributed by atoms with Crippen LogP contribution in [0.4, 0.5) is 11.6 Å². The van der Waals surface area contributed by atoms with Crippen molar-refractivity contribution >= 4 is 11.6 Å². The molecule has 1 aliphatic heterocycles. The van der Waals surface area contributed by atoms with E-state index in [4.69, 9.17) is 10.5 Å². The minimum atomic E-state index is 0.405. The van der Waals surface area contributed by atoms with Gasteiger partial charge in [0.25, 0.3) is 0 Å². The molecule has 0 spiro atoms. The quantitative estimate of drug-likeness (QED) is 0.723. The zero-order valence-electron chi connectivity index (χ0n) is 7.94. The summed E-state index contributed by atoms with van der Waals surface area (Å²) in [5.41, 5.74) is 5.67. The van der Waals surface area contributed by atoms with Crippen molar-refractivity contribution in [3.05, 3.63) is 12.4 Å².